The molecule has 7 heteroatoms. The van der Waals surface area contributed by atoms with E-state index in [-0.39, 0.29) is 5.91 Å². The lowest BCUT2D eigenvalue weighted by Crippen LogP contribution is -2.15. The normalized spacial score (nSPS) is 12.5. The first-order chi connectivity index (χ1) is 15.2. The van der Waals surface area contributed by atoms with Crippen LogP contribution in [0.1, 0.15) is 17.3 Å². The fourth-order valence-corrected chi connectivity index (χ4v) is 3.50. The Morgan fingerprint density at radius 3 is 2.81 bits per heavy atom. The van der Waals surface area contributed by atoms with E-state index in [1.54, 1.807) is 18.2 Å². The van der Waals surface area contributed by atoms with Gasteiger partial charge in [-0.15, -0.1) is 0 Å². The van der Waals surface area contributed by atoms with E-state index in [9.17, 15) is 4.79 Å². The molecule has 156 valence electrons. The highest BCUT2D eigenvalue weighted by molar-refractivity contribution is 6.04. The van der Waals surface area contributed by atoms with Gasteiger partial charge < -0.3 is 23.9 Å². The molecule has 0 bridgehead atoms. The summed E-state index contributed by atoms with van der Waals surface area (Å²) in [4.78, 5) is 17.3. The van der Waals surface area contributed by atoms with Gasteiger partial charge in [0, 0.05) is 23.5 Å². The molecule has 0 saturated carbocycles. The Labute approximate surface area is 179 Å². The van der Waals surface area contributed by atoms with Gasteiger partial charge in [-0.05, 0) is 55.5 Å². The van der Waals surface area contributed by atoms with Crippen LogP contribution in [-0.2, 0) is 0 Å². The number of hydrogen-bond donors (Lipinski definition) is 1. The van der Waals surface area contributed by atoms with Gasteiger partial charge in [-0.3, -0.25) is 4.79 Å². The van der Waals surface area contributed by atoms with Crippen molar-refractivity contribution in [2.75, 3.05) is 25.1 Å². The summed E-state index contributed by atoms with van der Waals surface area (Å²) in [6.07, 6.45) is 3.76. The number of carbonyl (C=O) groups excluding carboxylic acids is 1. The smallest absolute Gasteiger partial charge is 0.255 e. The van der Waals surface area contributed by atoms with Crippen molar-refractivity contribution < 1.29 is 19.0 Å². The van der Waals surface area contributed by atoms with Crippen molar-refractivity contribution in [3.63, 3.8) is 0 Å². The zero-order valence-electron chi connectivity index (χ0n) is 17.0. The minimum Gasteiger partial charge on any atom is -0.494 e. The van der Waals surface area contributed by atoms with Gasteiger partial charge in [-0.25, -0.2) is 4.98 Å². The maximum absolute atomic E-state index is 12.7. The minimum absolute atomic E-state index is 0.201. The topological polar surface area (TPSA) is 74.1 Å². The Kier molecular flexibility index (Phi) is 4.92. The van der Waals surface area contributed by atoms with E-state index in [2.05, 4.69) is 10.3 Å². The molecule has 3 heterocycles. The zero-order chi connectivity index (χ0) is 21.2. The Balaban J connectivity index is 1.38. The number of ether oxygens (including phenoxy) is 3. The van der Waals surface area contributed by atoms with Gasteiger partial charge in [0.1, 0.15) is 24.6 Å². The van der Waals surface area contributed by atoms with E-state index in [0.717, 1.165) is 28.4 Å². The minimum atomic E-state index is -0.201. The van der Waals surface area contributed by atoms with Gasteiger partial charge in [-0.2, -0.15) is 0 Å². The van der Waals surface area contributed by atoms with E-state index >= 15 is 0 Å². The van der Waals surface area contributed by atoms with E-state index < -0.39 is 0 Å². The van der Waals surface area contributed by atoms with Crippen molar-refractivity contribution in [2.45, 2.75) is 6.92 Å². The number of anilines is 1. The van der Waals surface area contributed by atoms with Gasteiger partial charge >= 0.3 is 0 Å². The second kappa shape index (κ2) is 8.02. The van der Waals surface area contributed by atoms with Gasteiger partial charge in [0.15, 0.2) is 11.5 Å². The number of amides is 1. The first-order valence-corrected chi connectivity index (χ1v) is 10.1. The van der Waals surface area contributed by atoms with Crippen LogP contribution in [0.4, 0.5) is 5.69 Å². The van der Waals surface area contributed by atoms with Crippen LogP contribution < -0.4 is 19.5 Å². The molecule has 0 atom stereocenters. The van der Waals surface area contributed by atoms with Crippen molar-refractivity contribution in [1.29, 1.82) is 0 Å². The summed E-state index contributed by atoms with van der Waals surface area (Å²) in [5.41, 5.74) is 3.73. The highest BCUT2D eigenvalue weighted by Gasteiger charge is 2.14. The average molecular weight is 415 g/mol. The third kappa shape index (κ3) is 3.90. The molecule has 0 radical (unpaired) electrons. The summed E-state index contributed by atoms with van der Waals surface area (Å²) in [6, 6.07) is 16.6. The Morgan fingerprint density at radius 1 is 1.06 bits per heavy atom. The van der Waals surface area contributed by atoms with Crippen molar-refractivity contribution in [3.8, 4) is 28.5 Å². The molecule has 0 fully saturated rings. The van der Waals surface area contributed by atoms with Crippen LogP contribution in [-0.4, -0.2) is 35.1 Å². The molecule has 1 aliphatic heterocycles. The molecule has 1 N–H and O–H groups in total. The lowest BCUT2D eigenvalue weighted by molar-refractivity contribution is 0.102. The predicted molar refractivity (Wildman–Crippen MR) is 117 cm³/mol. The largest absolute Gasteiger partial charge is 0.494 e. The molecular weight excluding hydrogens is 394 g/mol. The van der Waals surface area contributed by atoms with Crippen molar-refractivity contribution >= 4 is 17.2 Å². The second-order valence-electron chi connectivity index (χ2n) is 7.08. The number of nitrogens with zero attached hydrogens (tertiary/aromatic N) is 2. The van der Waals surface area contributed by atoms with Crippen molar-refractivity contribution in [1.82, 2.24) is 9.38 Å². The molecule has 2 aromatic carbocycles. The number of fused-ring (bicyclic) bond motifs is 2. The van der Waals surface area contributed by atoms with E-state index in [0.29, 0.717) is 36.8 Å². The summed E-state index contributed by atoms with van der Waals surface area (Å²) >= 11 is 0. The van der Waals surface area contributed by atoms with Crippen molar-refractivity contribution in [2.24, 2.45) is 0 Å². The number of benzene rings is 2. The summed E-state index contributed by atoms with van der Waals surface area (Å²) < 4.78 is 18.6. The molecule has 5 rings (SSSR count). The summed E-state index contributed by atoms with van der Waals surface area (Å²) in [5, 5.41) is 2.93. The number of rotatable bonds is 5. The van der Waals surface area contributed by atoms with E-state index in [1.807, 2.05) is 60.1 Å². The second-order valence-corrected chi connectivity index (χ2v) is 7.08. The summed E-state index contributed by atoms with van der Waals surface area (Å²) in [7, 11) is 0. The van der Waals surface area contributed by atoms with E-state index in [4.69, 9.17) is 14.2 Å². The van der Waals surface area contributed by atoms with E-state index in [1.165, 1.54) is 0 Å². The fraction of sp³-hybridized carbons (Fsp3) is 0.167. The van der Waals surface area contributed by atoms with Crippen LogP contribution in [0, 0.1) is 0 Å². The molecule has 0 spiro atoms. The standard InChI is InChI=1S/C24H21N3O4/c1-2-29-19-5-3-4-17(12-19)24(28)25-18-7-9-23-26-20(15-27(23)14-18)16-6-8-21-22(13-16)31-11-10-30-21/h3-9,12-15H,2,10-11H2,1H3,(H,25,28). The summed E-state index contributed by atoms with van der Waals surface area (Å²) in [5.74, 6) is 1.94. The molecular formula is C24H21N3O4. The van der Waals surface area contributed by atoms with Crippen molar-refractivity contribution in [3.05, 3.63) is 72.6 Å². The third-order valence-corrected chi connectivity index (χ3v) is 4.95. The molecule has 0 unspecified atom stereocenters. The van der Waals surface area contributed by atoms with Crippen LogP contribution in [0.25, 0.3) is 16.9 Å². The molecule has 1 amide bonds. The number of pyridine rings is 1. The maximum atomic E-state index is 12.7. The quantitative estimate of drug-likeness (QED) is 0.522. The van der Waals surface area contributed by atoms with Gasteiger partial charge in [-0.1, -0.05) is 6.07 Å². The SMILES string of the molecule is CCOc1cccc(C(=O)Nc2ccc3nc(-c4ccc5c(c4)OCCO5)cn3c2)c1. The fourth-order valence-electron chi connectivity index (χ4n) is 3.50. The maximum Gasteiger partial charge on any atom is 0.255 e. The molecule has 31 heavy (non-hydrogen) atoms. The molecule has 0 saturated heterocycles. The Hall–Kier alpha value is -4.00. The molecule has 0 aliphatic carbocycles. The van der Waals surface area contributed by atoms with Crippen LogP contribution >= 0.6 is 0 Å². The number of nitrogens with one attached hydrogen (secondary N) is 1. The molecule has 7 nitrogen and oxygen atoms in total. The molecule has 2 aromatic heterocycles. The van der Waals surface area contributed by atoms with Crippen LogP contribution in [0.3, 0.4) is 0 Å². The lowest BCUT2D eigenvalue weighted by Gasteiger charge is -2.18. The lowest BCUT2D eigenvalue weighted by atomic mass is 10.1. The molecule has 4 aromatic rings. The van der Waals surface area contributed by atoms with Gasteiger partial charge in [0.25, 0.3) is 5.91 Å². The first-order valence-electron chi connectivity index (χ1n) is 10.1. The Bertz CT molecular complexity index is 1260. The van der Waals surface area contributed by atoms with Gasteiger partial charge in [0.2, 0.25) is 0 Å². The first kappa shape index (κ1) is 19.0. The predicted octanol–water partition coefficient (Wildman–Crippen LogP) is 4.42. The average Bonchev–Trinajstić information content (AvgIpc) is 3.23. The molecule has 1 aliphatic rings. The summed E-state index contributed by atoms with van der Waals surface area (Å²) in [6.45, 7) is 3.56. The van der Waals surface area contributed by atoms with Crippen LogP contribution in [0.5, 0.6) is 17.2 Å². The number of hydrogen-bond acceptors (Lipinski definition) is 5. The highest BCUT2D eigenvalue weighted by atomic mass is 16.6. The Morgan fingerprint density at radius 2 is 1.94 bits per heavy atom. The van der Waals surface area contributed by atoms with Gasteiger partial charge in [0.05, 0.1) is 18.0 Å². The zero-order valence-corrected chi connectivity index (χ0v) is 17.0. The van der Waals surface area contributed by atoms with Crippen LogP contribution in [0.15, 0.2) is 67.0 Å². The number of imidazole rings is 1. The monoisotopic (exact) mass is 415 g/mol. The third-order valence-electron chi connectivity index (χ3n) is 4.95. The highest BCUT2D eigenvalue weighted by Crippen LogP contribution is 2.34. The van der Waals surface area contributed by atoms with Crippen LogP contribution in [0.2, 0.25) is 0 Å². The number of aromatic nitrogens is 2. The number of carbonyl (C=O) groups is 1.